The van der Waals surface area contributed by atoms with Crippen LogP contribution in [0.3, 0.4) is 0 Å². The molecule has 1 N–H and O–H groups in total. The Balaban J connectivity index is 1.81. The lowest BCUT2D eigenvalue weighted by atomic mass is 9.96. The first-order valence-corrected chi connectivity index (χ1v) is 7.46. The molecule has 4 nitrogen and oxygen atoms in total. The van der Waals surface area contributed by atoms with Crippen LogP contribution in [0.4, 0.5) is 11.4 Å². The first-order valence-electron chi connectivity index (χ1n) is 7.46. The minimum atomic E-state index is -0.401. The molecule has 22 heavy (non-hydrogen) atoms. The molecule has 0 radical (unpaired) electrons. The molecular weight excluding hydrogens is 276 g/mol. The van der Waals surface area contributed by atoms with Crippen molar-refractivity contribution < 1.29 is 9.59 Å². The number of hydrogen-bond acceptors (Lipinski definition) is 2. The SMILES string of the molecule is CCN(C(=O)CC1C(=O)Nc2ccccc21)c1ccccc1. The Morgan fingerprint density at radius 3 is 2.50 bits per heavy atom. The van der Waals surface area contributed by atoms with Gasteiger partial charge in [-0.3, -0.25) is 9.59 Å². The smallest absolute Gasteiger partial charge is 0.232 e. The quantitative estimate of drug-likeness (QED) is 0.941. The minimum absolute atomic E-state index is 0.0365. The second-order valence-electron chi connectivity index (χ2n) is 5.31. The van der Waals surface area contributed by atoms with Crippen LogP contribution in [0.1, 0.15) is 24.8 Å². The number of benzene rings is 2. The largest absolute Gasteiger partial charge is 0.325 e. The second kappa shape index (κ2) is 6.02. The van der Waals surface area contributed by atoms with Gasteiger partial charge >= 0.3 is 0 Å². The molecule has 112 valence electrons. The van der Waals surface area contributed by atoms with Crippen LogP contribution in [0.5, 0.6) is 0 Å². The summed E-state index contributed by atoms with van der Waals surface area (Å²) >= 11 is 0. The van der Waals surface area contributed by atoms with E-state index in [4.69, 9.17) is 0 Å². The second-order valence-corrected chi connectivity index (χ2v) is 5.31. The maximum atomic E-state index is 12.6. The van der Waals surface area contributed by atoms with E-state index in [2.05, 4.69) is 5.32 Å². The standard InChI is InChI=1S/C18H18N2O2/c1-2-20(13-8-4-3-5-9-13)17(21)12-15-14-10-6-7-11-16(14)19-18(15)22/h3-11,15H,2,12H2,1H3,(H,19,22). The highest BCUT2D eigenvalue weighted by Gasteiger charge is 2.33. The molecule has 2 aromatic carbocycles. The molecule has 1 atom stereocenters. The number of carbonyl (C=O) groups excluding carboxylic acids is 2. The number of nitrogens with zero attached hydrogens (tertiary/aromatic N) is 1. The summed E-state index contributed by atoms with van der Waals surface area (Å²) in [7, 11) is 0. The van der Waals surface area contributed by atoms with Crippen LogP contribution in [-0.4, -0.2) is 18.4 Å². The fourth-order valence-electron chi connectivity index (χ4n) is 2.87. The Labute approximate surface area is 129 Å². The molecule has 1 unspecified atom stereocenters. The molecule has 1 heterocycles. The van der Waals surface area contributed by atoms with Gasteiger partial charge < -0.3 is 10.2 Å². The van der Waals surface area contributed by atoms with Crippen LogP contribution in [-0.2, 0) is 9.59 Å². The van der Waals surface area contributed by atoms with Crippen molar-refractivity contribution in [1.82, 2.24) is 0 Å². The fourth-order valence-corrected chi connectivity index (χ4v) is 2.87. The first kappa shape index (κ1) is 14.3. The minimum Gasteiger partial charge on any atom is -0.325 e. The van der Waals surface area contributed by atoms with Crippen molar-refractivity contribution >= 4 is 23.2 Å². The van der Waals surface area contributed by atoms with E-state index >= 15 is 0 Å². The molecule has 0 fully saturated rings. The van der Waals surface area contributed by atoms with Crippen molar-refractivity contribution in [3.63, 3.8) is 0 Å². The highest BCUT2D eigenvalue weighted by atomic mass is 16.2. The van der Waals surface area contributed by atoms with E-state index in [0.717, 1.165) is 16.9 Å². The van der Waals surface area contributed by atoms with Crippen molar-refractivity contribution in [2.75, 3.05) is 16.8 Å². The van der Waals surface area contributed by atoms with Crippen molar-refractivity contribution in [3.05, 3.63) is 60.2 Å². The lowest BCUT2D eigenvalue weighted by Gasteiger charge is -2.22. The Morgan fingerprint density at radius 2 is 1.77 bits per heavy atom. The van der Waals surface area contributed by atoms with Crippen LogP contribution in [0, 0.1) is 0 Å². The van der Waals surface area contributed by atoms with E-state index in [1.54, 1.807) is 4.90 Å². The molecule has 2 aromatic rings. The van der Waals surface area contributed by atoms with E-state index in [-0.39, 0.29) is 18.2 Å². The van der Waals surface area contributed by atoms with E-state index in [1.165, 1.54) is 0 Å². The molecule has 0 aliphatic carbocycles. The molecule has 2 amide bonds. The van der Waals surface area contributed by atoms with Crippen molar-refractivity contribution in [1.29, 1.82) is 0 Å². The van der Waals surface area contributed by atoms with E-state index in [1.807, 2.05) is 61.5 Å². The average Bonchev–Trinajstić information content (AvgIpc) is 2.85. The summed E-state index contributed by atoms with van der Waals surface area (Å²) < 4.78 is 0. The van der Waals surface area contributed by atoms with Crippen molar-refractivity contribution in [3.8, 4) is 0 Å². The predicted octanol–water partition coefficient (Wildman–Crippen LogP) is 3.17. The Morgan fingerprint density at radius 1 is 1.09 bits per heavy atom. The molecule has 0 aromatic heterocycles. The van der Waals surface area contributed by atoms with Gasteiger partial charge in [0.1, 0.15) is 0 Å². The summed E-state index contributed by atoms with van der Waals surface area (Å²) in [5, 5.41) is 2.84. The van der Waals surface area contributed by atoms with Crippen LogP contribution in [0.25, 0.3) is 0 Å². The molecule has 3 rings (SSSR count). The number of anilines is 2. The maximum absolute atomic E-state index is 12.6. The van der Waals surface area contributed by atoms with Crippen LogP contribution in [0.15, 0.2) is 54.6 Å². The van der Waals surface area contributed by atoms with Crippen molar-refractivity contribution in [2.45, 2.75) is 19.3 Å². The summed E-state index contributed by atoms with van der Waals surface area (Å²) in [5.41, 5.74) is 2.58. The van der Waals surface area contributed by atoms with Gasteiger partial charge in [0, 0.05) is 24.3 Å². The Hall–Kier alpha value is -2.62. The summed E-state index contributed by atoms with van der Waals surface area (Å²) in [5.74, 6) is -0.536. The molecule has 0 saturated heterocycles. The predicted molar refractivity (Wildman–Crippen MR) is 86.9 cm³/mol. The summed E-state index contributed by atoms with van der Waals surface area (Å²) in [6, 6.07) is 17.1. The van der Waals surface area contributed by atoms with Gasteiger partial charge in [0.15, 0.2) is 0 Å². The summed E-state index contributed by atoms with van der Waals surface area (Å²) in [6.07, 6.45) is 0.186. The third-order valence-corrected chi connectivity index (χ3v) is 3.97. The number of amides is 2. The molecule has 0 spiro atoms. The molecule has 0 bridgehead atoms. The number of para-hydroxylation sites is 2. The third-order valence-electron chi connectivity index (χ3n) is 3.97. The van der Waals surface area contributed by atoms with Gasteiger partial charge in [0.05, 0.1) is 5.92 Å². The van der Waals surface area contributed by atoms with Gasteiger partial charge in [-0.05, 0) is 30.7 Å². The zero-order chi connectivity index (χ0) is 15.5. The van der Waals surface area contributed by atoms with Crippen molar-refractivity contribution in [2.24, 2.45) is 0 Å². The highest BCUT2D eigenvalue weighted by molar-refractivity contribution is 6.06. The van der Waals surface area contributed by atoms with Gasteiger partial charge in [0.2, 0.25) is 11.8 Å². The van der Waals surface area contributed by atoms with E-state index in [0.29, 0.717) is 6.54 Å². The molecule has 1 aliphatic rings. The van der Waals surface area contributed by atoms with Gasteiger partial charge in [-0.2, -0.15) is 0 Å². The van der Waals surface area contributed by atoms with Gasteiger partial charge in [0.25, 0.3) is 0 Å². The summed E-state index contributed by atoms with van der Waals surface area (Å²) in [4.78, 5) is 26.5. The number of fused-ring (bicyclic) bond motifs is 1. The number of carbonyl (C=O) groups is 2. The lowest BCUT2D eigenvalue weighted by molar-refractivity contribution is -0.123. The fraction of sp³-hybridized carbons (Fsp3) is 0.222. The normalized spacial score (nSPS) is 16.0. The molecule has 0 saturated carbocycles. The lowest BCUT2D eigenvalue weighted by Crippen LogP contribution is -2.32. The number of nitrogens with one attached hydrogen (secondary N) is 1. The van der Waals surface area contributed by atoms with Gasteiger partial charge in [-0.1, -0.05) is 36.4 Å². The molecule has 4 heteroatoms. The number of hydrogen-bond donors (Lipinski definition) is 1. The van der Waals surface area contributed by atoms with Crippen LogP contribution < -0.4 is 10.2 Å². The molecular formula is C18H18N2O2. The van der Waals surface area contributed by atoms with Crippen LogP contribution >= 0.6 is 0 Å². The Bertz CT molecular complexity index is 697. The van der Waals surface area contributed by atoms with Gasteiger partial charge in [-0.15, -0.1) is 0 Å². The van der Waals surface area contributed by atoms with Crippen LogP contribution in [0.2, 0.25) is 0 Å². The highest BCUT2D eigenvalue weighted by Crippen LogP contribution is 2.35. The Kier molecular flexibility index (Phi) is 3.92. The van der Waals surface area contributed by atoms with Gasteiger partial charge in [-0.25, -0.2) is 0 Å². The first-order chi connectivity index (χ1) is 10.7. The third kappa shape index (κ3) is 2.60. The molecule has 1 aliphatic heterocycles. The summed E-state index contributed by atoms with van der Waals surface area (Å²) in [6.45, 7) is 2.52. The van der Waals surface area contributed by atoms with E-state index < -0.39 is 5.92 Å². The zero-order valence-corrected chi connectivity index (χ0v) is 12.5. The monoisotopic (exact) mass is 294 g/mol. The number of rotatable bonds is 4. The maximum Gasteiger partial charge on any atom is 0.232 e. The average molecular weight is 294 g/mol. The topological polar surface area (TPSA) is 49.4 Å². The van der Waals surface area contributed by atoms with E-state index in [9.17, 15) is 9.59 Å². The zero-order valence-electron chi connectivity index (χ0n) is 12.5.